The van der Waals surface area contributed by atoms with E-state index in [9.17, 15) is 18.8 Å². The van der Waals surface area contributed by atoms with Crippen LogP contribution in [0.25, 0.3) is 0 Å². The fourth-order valence-electron chi connectivity index (χ4n) is 3.17. The lowest BCUT2D eigenvalue weighted by molar-refractivity contribution is -0.133. The number of aromatic nitrogens is 2. The first-order valence-electron chi connectivity index (χ1n) is 9.57. The van der Waals surface area contributed by atoms with E-state index in [0.717, 1.165) is 27.8 Å². The minimum atomic E-state index is -1.38. The highest BCUT2D eigenvalue weighted by Gasteiger charge is 2.33. The average molecular weight is 407 g/mol. The molecule has 1 atom stereocenters. The first kappa shape index (κ1) is 21.1. The van der Waals surface area contributed by atoms with E-state index in [1.54, 1.807) is 44.4 Å². The topological polar surface area (TPSA) is 72.3 Å². The number of carbonyl (C=O) groups excluding carboxylic acids is 2. The van der Waals surface area contributed by atoms with Crippen LogP contribution in [-0.2, 0) is 11.3 Å². The van der Waals surface area contributed by atoms with Crippen LogP contribution in [0.2, 0.25) is 0 Å². The van der Waals surface area contributed by atoms with Gasteiger partial charge < -0.3 is 4.90 Å². The second-order valence-electron chi connectivity index (χ2n) is 6.93. The van der Waals surface area contributed by atoms with Gasteiger partial charge in [-0.25, -0.2) is 4.39 Å². The third-order valence-electron chi connectivity index (χ3n) is 4.79. The van der Waals surface area contributed by atoms with Gasteiger partial charge in [0, 0.05) is 43.3 Å². The van der Waals surface area contributed by atoms with Crippen molar-refractivity contribution in [1.29, 1.82) is 0 Å². The Hall–Kier alpha value is -3.61. The van der Waals surface area contributed by atoms with Crippen molar-refractivity contribution in [1.82, 2.24) is 14.5 Å². The molecule has 3 rings (SSSR count). The molecule has 0 aliphatic heterocycles. The molecule has 1 amide bonds. The zero-order valence-electron chi connectivity index (χ0n) is 16.8. The second kappa shape index (κ2) is 9.26. The van der Waals surface area contributed by atoms with E-state index in [1.165, 1.54) is 29.3 Å². The summed E-state index contributed by atoms with van der Waals surface area (Å²) in [5.41, 5.74) is 1.28. The molecule has 2 aromatic heterocycles. The van der Waals surface area contributed by atoms with Crippen LogP contribution in [0.4, 0.5) is 4.39 Å². The van der Waals surface area contributed by atoms with Gasteiger partial charge in [-0.1, -0.05) is 6.07 Å². The lowest BCUT2D eigenvalue weighted by Crippen LogP contribution is -2.43. The zero-order valence-corrected chi connectivity index (χ0v) is 16.8. The minimum absolute atomic E-state index is 0.156. The van der Waals surface area contributed by atoms with E-state index in [1.807, 2.05) is 0 Å². The molecule has 0 fully saturated rings. The molecule has 30 heavy (non-hydrogen) atoms. The number of pyridine rings is 2. The first-order chi connectivity index (χ1) is 14.4. The Bertz CT molecular complexity index is 1090. The highest BCUT2D eigenvalue weighted by Crippen LogP contribution is 2.19. The largest absolute Gasteiger partial charge is 0.336 e. The molecule has 0 aliphatic rings. The number of benzene rings is 1. The standard InChI is InChI=1S/C23H22FN3O3/c1-3-26(15-17-10-12-25-13-11-17)23(30)21(27-14-16(2)4-9-20(27)28)22(29)18-5-7-19(24)8-6-18/h4-14,21H,3,15H2,1-2H3. The van der Waals surface area contributed by atoms with Gasteiger partial charge in [0.2, 0.25) is 0 Å². The lowest BCUT2D eigenvalue weighted by Gasteiger charge is -2.27. The highest BCUT2D eigenvalue weighted by atomic mass is 19.1. The van der Waals surface area contributed by atoms with Gasteiger partial charge in [-0.3, -0.25) is 23.9 Å². The van der Waals surface area contributed by atoms with Gasteiger partial charge in [-0.2, -0.15) is 0 Å². The Morgan fingerprint density at radius 3 is 2.37 bits per heavy atom. The van der Waals surface area contributed by atoms with Crippen LogP contribution in [0.1, 0.15) is 34.5 Å². The van der Waals surface area contributed by atoms with E-state index in [2.05, 4.69) is 4.98 Å². The summed E-state index contributed by atoms with van der Waals surface area (Å²) in [7, 11) is 0. The first-order valence-corrected chi connectivity index (χ1v) is 9.57. The normalized spacial score (nSPS) is 11.7. The molecule has 3 aromatic rings. The van der Waals surface area contributed by atoms with Crippen LogP contribution in [0.3, 0.4) is 0 Å². The molecule has 0 bridgehead atoms. The summed E-state index contributed by atoms with van der Waals surface area (Å²) in [6.45, 7) is 4.19. The van der Waals surface area contributed by atoms with Crippen molar-refractivity contribution >= 4 is 11.7 Å². The highest BCUT2D eigenvalue weighted by molar-refractivity contribution is 6.11. The van der Waals surface area contributed by atoms with Gasteiger partial charge in [-0.05, 0) is 61.4 Å². The third kappa shape index (κ3) is 4.68. The van der Waals surface area contributed by atoms with Gasteiger partial charge in [0.1, 0.15) is 5.82 Å². The fraction of sp³-hybridized carbons (Fsp3) is 0.217. The second-order valence-corrected chi connectivity index (χ2v) is 6.93. The summed E-state index contributed by atoms with van der Waals surface area (Å²) in [6, 6.07) is 10.1. The molecule has 1 unspecified atom stereocenters. The van der Waals surface area contributed by atoms with Crippen LogP contribution in [0.5, 0.6) is 0 Å². The molecule has 0 spiro atoms. The van der Waals surface area contributed by atoms with E-state index >= 15 is 0 Å². The van der Waals surface area contributed by atoms with Crippen molar-refractivity contribution in [2.24, 2.45) is 0 Å². The number of rotatable bonds is 7. The number of ketones is 1. The lowest BCUT2D eigenvalue weighted by atomic mass is 10.0. The summed E-state index contributed by atoms with van der Waals surface area (Å²) >= 11 is 0. The number of Topliss-reactive ketones (excluding diaryl/α,β-unsaturated/α-hetero) is 1. The van der Waals surface area contributed by atoms with Crippen molar-refractivity contribution in [3.63, 3.8) is 0 Å². The van der Waals surface area contributed by atoms with Crippen LogP contribution in [-0.4, -0.2) is 32.7 Å². The molecule has 0 saturated heterocycles. The monoisotopic (exact) mass is 407 g/mol. The third-order valence-corrected chi connectivity index (χ3v) is 4.79. The Kier molecular flexibility index (Phi) is 6.51. The number of hydrogen-bond donors (Lipinski definition) is 0. The van der Waals surface area contributed by atoms with E-state index < -0.39 is 29.1 Å². The number of halogens is 1. The predicted octanol–water partition coefficient (Wildman–Crippen LogP) is 3.16. The Morgan fingerprint density at radius 2 is 1.73 bits per heavy atom. The molecule has 154 valence electrons. The van der Waals surface area contributed by atoms with Crippen molar-refractivity contribution < 1.29 is 14.0 Å². The Balaban J connectivity index is 2.04. The van der Waals surface area contributed by atoms with Crippen molar-refractivity contribution in [3.05, 3.63) is 100.0 Å². The number of hydrogen-bond acceptors (Lipinski definition) is 4. The fourth-order valence-corrected chi connectivity index (χ4v) is 3.17. The SMILES string of the molecule is CCN(Cc1ccncc1)C(=O)C(C(=O)c1ccc(F)cc1)n1cc(C)ccc1=O. The van der Waals surface area contributed by atoms with E-state index in [-0.39, 0.29) is 12.1 Å². The van der Waals surface area contributed by atoms with Gasteiger partial charge in [0.25, 0.3) is 11.5 Å². The van der Waals surface area contributed by atoms with Crippen LogP contribution in [0.15, 0.2) is 71.9 Å². The summed E-state index contributed by atoms with van der Waals surface area (Å²) in [6.07, 6.45) is 4.74. The summed E-state index contributed by atoms with van der Waals surface area (Å²) in [4.78, 5) is 44.8. The van der Waals surface area contributed by atoms with Gasteiger partial charge >= 0.3 is 0 Å². The molecule has 7 heteroatoms. The van der Waals surface area contributed by atoms with Gasteiger partial charge in [0.15, 0.2) is 11.8 Å². The number of aryl methyl sites for hydroxylation is 1. The Labute approximate surface area is 173 Å². The molecule has 2 heterocycles. The Morgan fingerprint density at radius 1 is 1.07 bits per heavy atom. The molecule has 1 aromatic carbocycles. The number of likely N-dealkylation sites (N-methyl/N-ethyl adjacent to an activating group) is 1. The van der Waals surface area contributed by atoms with Crippen LogP contribution >= 0.6 is 0 Å². The maximum absolute atomic E-state index is 13.5. The molecule has 0 radical (unpaired) electrons. The molecule has 0 aliphatic carbocycles. The van der Waals surface area contributed by atoms with Gasteiger partial charge in [-0.15, -0.1) is 0 Å². The smallest absolute Gasteiger partial charge is 0.254 e. The predicted molar refractivity (Wildman–Crippen MR) is 111 cm³/mol. The summed E-state index contributed by atoms with van der Waals surface area (Å²) in [5, 5.41) is 0. The molecule has 6 nitrogen and oxygen atoms in total. The van der Waals surface area contributed by atoms with E-state index in [4.69, 9.17) is 0 Å². The minimum Gasteiger partial charge on any atom is -0.336 e. The van der Waals surface area contributed by atoms with Gasteiger partial charge in [0.05, 0.1) is 0 Å². The molecular weight excluding hydrogens is 385 g/mol. The average Bonchev–Trinajstić information content (AvgIpc) is 2.75. The number of amides is 1. The van der Waals surface area contributed by atoms with Crippen molar-refractivity contribution in [3.8, 4) is 0 Å². The summed E-state index contributed by atoms with van der Waals surface area (Å²) < 4.78 is 14.5. The maximum Gasteiger partial charge on any atom is 0.254 e. The molecule has 0 N–H and O–H groups in total. The van der Waals surface area contributed by atoms with Crippen molar-refractivity contribution in [2.75, 3.05) is 6.54 Å². The van der Waals surface area contributed by atoms with E-state index in [0.29, 0.717) is 6.54 Å². The number of carbonyl (C=O) groups is 2. The van der Waals surface area contributed by atoms with Crippen LogP contribution in [0, 0.1) is 12.7 Å². The van der Waals surface area contributed by atoms with Crippen molar-refractivity contribution in [2.45, 2.75) is 26.4 Å². The summed E-state index contributed by atoms with van der Waals surface area (Å²) in [5.74, 6) is -1.56. The maximum atomic E-state index is 13.5. The van der Waals surface area contributed by atoms with Crippen LogP contribution < -0.4 is 5.56 Å². The zero-order chi connectivity index (χ0) is 21.7. The molecule has 0 saturated carbocycles. The molecular formula is C23H22FN3O3. The number of nitrogens with zero attached hydrogens (tertiary/aromatic N) is 3. The quantitative estimate of drug-likeness (QED) is 0.446.